The van der Waals surface area contributed by atoms with Crippen molar-refractivity contribution in [3.05, 3.63) is 81.7 Å². The summed E-state index contributed by atoms with van der Waals surface area (Å²) in [6, 6.07) is 8.23. The van der Waals surface area contributed by atoms with Crippen LogP contribution in [0, 0.1) is 25.5 Å². The Kier molecular flexibility index (Phi) is 9.18. The molecule has 0 fully saturated rings. The van der Waals surface area contributed by atoms with Gasteiger partial charge in [-0.05, 0) is 83.2 Å². The van der Waals surface area contributed by atoms with E-state index in [1.54, 1.807) is 34.6 Å². The maximum absolute atomic E-state index is 15.7. The van der Waals surface area contributed by atoms with E-state index in [0.29, 0.717) is 47.4 Å². The summed E-state index contributed by atoms with van der Waals surface area (Å²) >= 11 is 0. The normalized spacial score (nSPS) is 14.3. The number of hydrogen-bond donors (Lipinski definition) is 2. The Morgan fingerprint density at radius 1 is 1.11 bits per heavy atom. The number of ether oxygens (including phenoxy) is 2. The molecule has 0 saturated heterocycles. The number of carboxylic acids is 1. The van der Waals surface area contributed by atoms with E-state index >= 15 is 4.39 Å². The van der Waals surface area contributed by atoms with E-state index in [-0.39, 0.29) is 53.5 Å². The van der Waals surface area contributed by atoms with Crippen LogP contribution >= 0.6 is 0 Å². The molecule has 10 nitrogen and oxygen atoms in total. The number of ketones is 1. The molecule has 0 aliphatic carbocycles. The van der Waals surface area contributed by atoms with Crippen molar-refractivity contribution in [1.82, 2.24) is 19.9 Å². The van der Waals surface area contributed by atoms with Gasteiger partial charge in [0, 0.05) is 34.9 Å². The van der Waals surface area contributed by atoms with E-state index in [1.807, 2.05) is 6.92 Å². The minimum Gasteiger partial charge on any atom is -0.490 e. The topological polar surface area (TPSA) is 132 Å². The molecule has 0 spiro atoms. The van der Waals surface area contributed by atoms with Crippen molar-refractivity contribution in [3.8, 4) is 17.0 Å². The third kappa shape index (κ3) is 6.60. The van der Waals surface area contributed by atoms with E-state index < -0.39 is 34.7 Å². The van der Waals surface area contributed by atoms with Crippen molar-refractivity contribution in [2.75, 3.05) is 13.2 Å². The van der Waals surface area contributed by atoms with E-state index in [1.165, 1.54) is 40.9 Å². The second-order valence-electron chi connectivity index (χ2n) is 12.7. The highest BCUT2D eigenvalue weighted by molar-refractivity contribution is 5.96. The molecule has 1 aliphatic heterocycles. The van der Waals surface area contributed by atoms with Crippen LogP contribution in [0.15, 0.2) is 36.4 Å². The fourth-order valence-electron chi connectivity index (χ4n) is 6.15. The molecular formula is C35H38F2N4O6. The minimum atomic E-state index is -1.92. The van der Waals surface area contributed by atoms with E-state index in [4.69, 9.17) is 9.47 Å². The second-order valence-corrected chi connectivity index (χ2v) is 12.7. The molecule has 2 N–H and O–H groups in total. The predicted molar refractivity (Wildman–Crippen MR) is 170 cm³/mol. The average Bonchev–Trinajstić information content (AvgIpc) is 3.44. The van der Waals surface area contributed by atoms with Crippen molar-refractivity contribution < 1.29 is 37.7 Å². The van der Waals surface area contributed by atoms with Crippen molar-refractivity contribution >= 4 is 23.3 Å². The van der Waals surface area contributed by atoms with Crippen LogP contribution in [-0.4, -0.2) is 56.1 Å². The van der Waals surface area contributed by atoms with Gasteiger partial charge in [0.15, 0.2) is 34.3 Å². The lowest BCUT2D eigenvalue weighted by molar-refractivity contribution is -0.188. The molecule has 2 aromatic heterocycles. The van der Waals surface area contributed by atoms with Gasteiger partial charge in [-0.25, -0.2) is 23.1 Å². The highest BCUT2D eigenvalue weighted by atomic mass is 19.1. The molecule has 3 heterocycles. The zero-order valence-corrected chi connectivity index (χ0v) is 27.3. The number of Topliss-reactive ketones (excluding diaryl/α,β-unsaturated/α-hetero) is 1. The molecule has 4 aromatic rings. The highest BCUT2D eigenvalue weighted by Gasteiger charge is 2.47. The minimum absolute atomic E-state index is 0.000983. The summed E-state index contributed by atoms with van der Waals surface area (Å²) in [6.45, 7) is 10.5. The number of rotatable bonds is 10. The fourth-order valence-corrected chi connectivity index (χ4v) is 6.15. The van der Waals surface area contributed by atoms with Crippen LogP contribution in [0.25, 0.3) is 16.9 Å². The Bertz CT molecular complexity index is 1880. The smallest absolute Gasteiger partial charge is 0.340 e. The number of halogens is 2. The first-order valence-electron chi connectivity index (χ1n) is 15.5. The second kappa shape index (κ2) is 12.8. The third-order valence-electron chi connectivity index (χ3n) is 8.20. The molecule has 248 valence electrons. The van der Waals surface area contributed by atoms with Crippen molar-refractivity contribution in [3.63, 3.8) is 0 Å². The van der Waals surface area contributed by atoms with Crippen LogP contribution < -0.4 is 10.1 Å². The number of fused-ring (bicyclic) bond motifs is 2. The van der Waals surface area contributed by atoms with Crippen LogP contribution in [0.3, 0.4) is 0 Å². The van der Waals surface area contributed by atoms with Gasteiger partial charge in [-0.3, -0.25) is 9.59 Å². The van der Waals surface area contributed by atoms with E-state index in [0.717, 1.165) is 0 Å². The number of aryl methyl sites for hydroxylation is 1. The highest BCUT2D eigenvalue weighted by Crippen LogP contribution is 2.45. The number of carbonyl (C=O) groups excluding carboxylic acids is 2. The van der Waals surface area contributed by atoms with Gasteiger partial charge < -0.3 is 19.9 Å². The standard InChI is InChI=1S/C35H38F2N4O6/c1-7-35(33(44)45,47-34(4,5)6)29-20(3)39-28-17-27(32(43)38-18-23(42)15-21-10-12-22(36)13-11-21)40-41(28)30(29)25-16-26(37)31-24(19(25)2)9-8-14-46-31/h10-13,16-17H,7-9,14-15,18H2,1-6H3,(H,38,43)(H,44,45). The molecule has 0 bridgehead atoms. The Morgan fingerprint density at radius 2 is 1.81 bits per heavy atom. The zero-order chi connectivity index (χ0) is 34.3. The first kappa shape index (κ1) is 33.6. The lowest BCUT2D eigenvalue weighted by Crippen LogP contribution is -2.45. The third-order valence-corrected chi connectivity index (χ3v) is 8.20. The summed E-state index contributed by atoms with van der Waals surface area (Å²) in [5, 5.41) is 17.9. The summed E-state index contributed by atoms with van der Waals surface area (Å²) in [6.07, 6.45) is 1.24. The number of carbonyl (C=O) groups is 3. The van der Waals surface area contributed by atoms with Gasteiger partial charge >= 0.3 is 5.97 Å². The Hall–Kier alpha value is -4.71. The first-order valence-corrected chi connectivity index (χ1v) is 15.5. The van der Waals surface area contributed by atoms with Gasteiger partial charge in [-0.1, -0.05) is 19.1 Å². The molecule has 0 saturated carbocycles. The summed E-state index contributed by atoms with van der Waals surface area (Å²) in [7, 11) is 0. The van der Waals surface area contributed by atoms with Crippen molar-refractivity contribution in [2.24, 2.45) is 0 Å². The average molecular weight is 649 g/mol. The summed E-state index contributed by atoms with van der Waals surface area (Å²) in [4.78, 5) is 43.7. The Morgan fingerprint density at radius 3 is 2.45 bits per heavy atom. The van der Waals surface area contributed by atoms with Gasteiger partial charge in [0.1, 0.15) is 5.82 Å². The number of aromatic nitrogens is 3. The lowest BCUT2D eigenvalue weighted by Gasteiger charge is -2.38. The number of benzene rings is 2. The largest absolute Gasteiger partial charge is 0.490 e. The molecular weight excluding hydrogens is 610 g/mol. The number of carboxylic acid groups (broad SMARTS) is 1. The number of nitrogens with zero attached hydrogens (tertiary/aromatic N) is 3. The summed E-state index contributed by atoms with van der Waals surface area (Å²) < 4.78 is 42.3. The zero-order valence-electron chi connectivity index (χ0n) is 27.3. The first-order chi connectivity index (χ1) is 22.1. The lowest BCUT2D eigenvalue weighted by atomic mass is 9.83. The number of nitrogens with one attached hydrogen (secondary N) is 1. The number of aliphatic carboxylic acids is 1. The molecule has 2 aromatic carbocycles. The van der Waals surface area contributed by atoms with Crippen LogP contribution in [-0.2, 0) is 32.8 Å². The van der Waals surface area contributed by atoms with Gasteiger partial charge in [-0.15, -0.1) is 0 Å². The SMILES string of the molecule is CCC(OC(C)(C)C)(C(=O)O)c1c(C)nc2cc(C(=O)NCC(=O)Cc3ccc(F)cc3)nn2c1-c1cc(F)c2c(c1C)CCCO2. The molecule has 1 unspecified atom stereocenters. The van der Waals surface area contributed by atoms with E-state index in [9.17, 15) is 23.9 Å². The molecule has 12 heteroatoms. The fraction of sp³-hybridized carbons (Fsp3) is 0.400. The van der Waals surface area contributed by atoms with Crippen molar-refractivity contribution in [1.29, 1.82) is 0 Å². The number of hydrogen-bond acceptors (Lipinski definition) is 7. The van der Waals surface area contributed by atoms with E-state index in [2.05, 4.69) is 15.4 Å². The van der Waals surface area contributed by atoms with Crippen molar-refractivity contribution in [2.45, 2.75) is 78.4 Å². The van der Waals surface area contributed by atoms with Crippen LogP contribution in [0.1, 0.15) is 79.0 Å². The van der Waals surface area contributed by atoms with Crippen LogP contribution in [0.2, 0.25) is 0 Å². The molecule has 1 aliphatic rings. The maximum Gasteiger partial charge on any atom is 0.340 e. The molecule has 0 radical (unpaired) electrons. The summed E-state index contributed by atoms with van der Waals surface area (Å²) in [5.41, 5.74) is 0.297. The summed E-state index contributed by atoms with van der Waals surface area (Å²) in [5.74, 6) is -3.09. The predicted octanol–water partition coefficient (Wildman–Crippen LogP) is 5.66. The molecule has 47 heavy (non-hydrogen) atoms. The molecule has 5 rings (SSSR count). The van der Waals surface area contributed by atoms with Gasteiger partial charge in [0.05, 0.1) is 24.4 Å². The van der Waals surface area contributed by atoms with Crippen LogP contribution in [0.5, 0.6) is 5.75 Å². The Balaban J connectivity index is 1.66. The van der Waals surface area contributed by atoms with Gasteiger partial charge in [0.2, 0.25) is 0 Å². The molecule has 1 atom stereocenters. The number of amides is 1. The van der Waals surface area contributed by atoms with Gasteiger partial charge in [-0.2, -0.15) is 5.10 Å². The monoisotopic (exact) mass is 648 g/mol. The quantitative estimate of drug-likeness (QED) is 0.225. The van der Waals surface area contributed by atoms with Crippen LogP contribution in [0.4, 0.5) is 8.78 Å². The maximum atomic E-state index is 15.7. The Labute approximate surface area is 271 Å². The molecule has 1 amide bonds. The van der Waals surface area contributed by atoms with Gasteiger partial charge in [0.25, 0.3) is 5.91 Å².